The lowest BCUT2D eigenvalue weighted by Crippen LogP contribution is -2.60. The molecule has 8 N–H and O–H groups in total. The minimum absolute atomic E-state index is 0.0929. The van der Waals surface area contributed by atoms with E-state index in [1.54, 1.807) is 6.20 Å². The quantitative estimate of drug-likeness (QED) is 0.219. The van der Waals surface area contributed by atoms with E-state index in [-0.39, 0.29) is 12.3 Å². The van der Waals surface area contributed by atoms with Crippen LogP contribution in [0.5, 0.6) is 0 Å². The average molecular weight is 490 g/mol. The number of aromatic amines is 1. The van der Waals surface area contributed by atoms with Crippen molar-refractivity contribution >= 4 is 34.6 Å². The summed E-state index contributed by atoms with van der Waals surface area (Å²) in [5.41, 5.74) is 7.62. The summed E-state index contributed by atoms with van der Waals surface area (Å²) in [5, 5.41) is 27.3. The van der Waals surface area contributed by atoms with Gasteiger partial charge in [-0.2, -0.15) is 0 Å². The minimum Gasteiger partial charge on any atom is -0.480 e. The molecule has 35 heavy (non-hydrogen) atoms. The van der Waals surface area contributed by atoms with Crippen LogP contribution in [0, 0.1) is 5.92 Å². The lowest BCUT2D eigenvalue weighted by molar-refractivity contribution is -0.142. The van der Waals surface area contributed by atoms with Crippen LogP contribution in [0.1, 0.15) is 39.7 Å². The Morgan fingerprint density at radius 1 is 0.971 bits per heavy atom. The van der Waals surface area contributed by atoms with Gasteiger partial charge in [-0.1, -0.05) is 32.0 Å². The number of hydrogen-bond acceptors (Lipinski definition) is 6. The van der Waals surface area contributed by atoms with Gasteiger partial charge >= 0.3 is 5.97 Å². The summed E-state index contributed by atoms with van der Waals surface area (Å²) >= 11 is 0. The number of carbonyl (C=O) groups is 4. The Morgan fingerprint density at radius 2 is 1.63 bits per heavy atom. The van der Waals surface area contributed by atoms with Gasteiger partial charge in [0.15, 0.2) is 0 Å². The number of amides is 3. The van der Waals surface area contributed by atoms with Gasteiger partial charge in [0.25, 0.3) is 0 Å². The van der Waals surface area contributed by atoms with Crippen molar-refractivity contribution in [2.45, 2.75) is 70.8 Å². The van der Waals surface area contributed by atoms with Crippen LogP contribution in [0.4, 0.5) is 0 Å². The number of benzene rings is 1. The molecular formula is C24H35N5O6. The monoisotopic (exact) mass is 489 g/mol. The molecule has 2 rings (SSSR count). The molecule has 11 heteroatoms. The molecule has 0 radical (unpaired) electrons. The summed E-state index contributed by atoms with van der Waals surface area (Å²) in [6.07, 6.45) is 0.917. The van der Waals surface area contributed by atoms with Crippen LogP contribution in [0.2, 0.25) is 0 Å². The summed E-state index contributed by atoms with van der Waals surface area (Å²) in [6, 6.07) is 2.87. The fourth-order valence-electron chi connectivity index (χ4n) is 3.65. The number of para-hydroxylation sites is 1. The summed E-state index contributed by atoms with van der Waals surface area (Å²) in [5.74, 6) is -3.20. The standard InChI is InChI=1S/C24H35N5O6/c1-12(2)9-17(25)21(31)28-19(10-15-11-26-18-8-6-5-7-16(15)18)22(32)29-20(14(4)30)23(33)27-13(3)24(34)35/h5-8,11-14,17,19-20,26,30H,9-10,25H2,1-4H3,(H,27,33)(H,28,31)(H,29,32)(H,34,35). The minimum atomic E-state index is -1.43. The van der Waals surface area contributed by atoms with E-state index >= 15 is 0 Å². The van der Waals surface area contributed by atoms with E-state index in [0.717, 1.165) is 16.5 Å². The van der Waals surface area contributed by atoms with E-state index in [1.165, 1.54) is 13.8 Å². The zero-order valence-electron chi connectivity index (χ0n) is 20.4. The van der Waals surface area contributed by atoms with Gasteiger partial charge < -0.3 is 36.9 Å². The molecule has 3 amide bonds. The number of carbonyl (C=O) groups excluding carboxylic acids is 3. The van der Waals surface area contributed by atoms with Gasteiger partial charge in [-0.3, -0.25) is 19.2 Å². The van der Waals surface area contributed by atoms with Crippen molar-refractivity contribution in [1.82, 2.24) is 20.9 Å². The lowest BCUT2D eigenvalue weighted by Gasteiger charge is -2.26. The van der Waals surface area contributed by atoms with Crippen LogP contribution in [-0.2, 0) is 25.6 Å². The third-order valence-electron chi connectivity index (χ3n) is 5.59. The Labute approximate surface area is 203 Å². The molecule has 0 bridgehead atoms. The van der Waals surface area contributed by atoms with E-state index in [1.807, 2.05) is 38.1 Å². The SMILES string of the molecule is CC(C)CC(N)C(=O)NC(Cc1c[nH]c2ccccc12)C(=O)NC(C(=O)NC(C)C(=O)O)C(C)O. The Balaban J connectivity index is 2.27. The Morgan fingerprint density at radius 3 is 2.23 bits per heavy atom. The molecule has 5 atom stereocenters. The highest BCUT2D eigenvalue weighted by atomic mass is 16.4. The maximum absolute atomic E-state index is 13.2. The van der Waals surface area contributed by atoms with Crippen LogP contribution in [0.3, 0.4) is 0 Å². The molecule has 0 aliphatic rings. The van der Waals surface area contributed by atoms with Crippen molar-refractivity contribution in [3.05, 3.63) is 36.0 Å². The maximum Gasteiger partial charge on any atom is 0.325 e. The summed E-state index contributed by atoms with van der Waals surface area (Å²) < 4.78 is 0. The largest absolute Gasteiger partial charge is 0.480 e. The van der Waals surface area contributed by atoms with Gasteiger partial charge in [0, 0.05) is 23.5 Å². The highest BCUT2D eigenvalue weighted by Gasteiger charge is 2.32. The van der Waals surface area contributed by atoms with Crippen LogP contribution in [-0.4, -0.2) is 69.2 Å². The van der Waals surface area contributed by atoms with Gasteiger partial charge in [0.2, 0.25) is 17.7 Å². The van der Waals surface area contributed by atoms with Crippen molar-refractivity contribution in [2.24, 2.45) is 11.7 Å². The second-order valence-electron chi connectivity index (χ2n) is 9.16. The van der Waals surface area contributed by atoms with Gasteiger partial charge in [-0.25, -0.2) is 0 Å². The number of carboxylic acids is 1. The number of nitrogens with two attached hydrogens (primary N) is 1. The number of H-pyrrole nitrogens is 1. The van der Waals surface area contributed by atoms with E-state index in [2.05, 4.69) is 20.9 Å². The second kappa shape index (κ2) is 12.3. The molecule has 1 heterocycles. The van der Waals surface area contributed by atoms with Crippen LogP contribution in [0.15, 0.2) is 30.5 Å². The molecule has 0 saturated heterocycles. The van der Waals surface area contributed by atoms with Crippen molar-refractivity contribution < 1.29 is 29.4 Å². The molecule has 0 aliphatic carbocycles. The smallest absolute Gasteiger partial charge is 0.325 e. The van der Waals surface area contributed by atoms with Gasteiger partial charge in [-0.15, -0.1) is 0 Å². The van der Waals surface area contributed by atoms with E-state index < -0.39 is 54.0 Å². The summed E-state index contributed by atoms with van der Waals surface area (Å²) in [7, 11) is 0. The van der Waals surface area contributed by atoms with Crippen molar-refractivity contribution in [1.29, 1.82) is 0 Å². The summed E-state index contributed by atoms with van der Waals surface area (Å²) in [4.78, 5) is 52.7. The predicted molar refractivity (Wildman–Crippen MR) is 130 cm³/mol. The third-order valence-corrected chi connectivity index (χ3v) is 5.59. The number of aliphatic hydroxyl groups excluding tert-OH is 1. The average Bonchev–Trinajstić information content (AvgIpc) is 3.18. The number of aliphatic carboxylic acids is 1. The number of carboxylic acid groups (broad SMARTS) is 1. The number of hydrogen-bond donors (Lipinski definition) is 7. The predicted octanol–water partition coefficient (Wildman–Crippen LogP) is 0.0235. The molecule has 0 fully saturated rings. The first kappa shape index (κ1) is 27.8. The summed E-state index contributed by atoms with van der Waals surface area (Å²) in [6.45, 7) is 6.40. The Bertz CT molecular complexity index is 1050. The van der Waals surface area contributed by atoms with Gasteiger partial charge in [-0.05, 0) is 37.8 Å². The normalized spacial score (nSPS) is 15.6. The number of aliphatic hydroxyl groups is 1. The van der Waals surface area contributed by atoms with Crippen LogP contribution >= 0.6 is 0 Å². The van der Waals surface area contributed by atoms with Crippen molar-refractivity contribution in [3.63, 3.8) is 0 Å². The Hall–Kier alpha value is -3.44. The highest BCUT2D eigenvalue weighted by molar-refractivity contribution is 5.95. The van der Waals surface area contributed by atoms with Gasteiger partial charge in [0.05, 0.1) is 12.1 Å². The molecule has 0 spiro atoms. The lowest BCUT2D eigenvalue weighted by atomic mass is 10.0. The number of fused-ring (bicyclic) bond motifs is 1. The first-order valence-electron chi connectivity index (χ1n) is 11.5. The second-order valence-corrected chi connectivity index (χ2v) is 9.16. The molecule has 192 valence electrons. The first-order chi connectivity index (χ1) is 16.4. The zero-order chi connectivity index (χ0) is 26.3. The molecule has 1 aromatic carbocycles. The van der Waals surface area contributed by atoms with E-state index in [0.29, 0.717) is 6.42 Å². The molecule has 5 unspecified atom stereocenters. The molecule has 1 aromatic heterocycles. The maximum atomic E-state index is 13.2. The van der Waals surface area contributed by atoms with Crippen molar-refractivity contribution in [2.75, 3.05) is 0 Å². The van der Waals surface area contributed by atoms with Crippen LogP contribution in [0.25, 0.3) is 10.9 Å². The topological polar surface area (TPSA) is 187 Å². The highest BCUT2D eigenvalue weighted by Crippen LogP contribution is 2.19. The first-order valence-corrected chi connectivity index (χ1v) is 11.5. The van der Waals surface area contributed by atoms with Crippen molar-refractivity contribution in [3.8, 4) is 0 Å². The number of nitrogens with one attached hydrogen (secondary N) is 4. The van der Waals surface area contributed by atoms with Gasteiger partial charge in [0.1, 0.15) is 18.1 Å². The number of aromatic nitrogens is 1. The number of rotatable bonds is 12. The molecule has 2 aromatic rings. The molecule has 0 aliphatic heterocycles. The van der Waals surface area contributed by atoms with E-state index in [4.69, 9.17) is 10.8 Å². The zero-order valence-corrected chi connectivity index (χ0v) is 20.4. The third kappa shape index (κ3) is 7.79. The fourth-order valence-corrected chi connectivity index (χ4v) is 3.65. The molecule has 11 nitrogen and oxygen atoms in total. The fraction of sp³-hybridized carbons (Fsp3) is 0.500. The van der Waals surface area contributed by atoms with E-state index in [9.17, 15) is 24.3 Å². The molecule has 0 saturated carbocycles. The Kier molecular flexibility index (Phi) is 9.78. The molecular weight excluding hydrogens is 454 g/mol. The van der Waals surface area contributed by atoms with Crippen LogP contribution < -0.4 is 21.7 Å².